The molecule has 0 radical (unpaired) electrons. The number of pyridine rings is 1. The van der Waals surface area contributed by atoms with Crippen LogP contribution < -0.4 is 4.74 Å². The summed E-state index contributed by atoms with van der Waals surface area (Å²) in [6.45, 7) is 2.61. The normalized spacial score (nSPS) is 12.8. The molecule has 1 aliphatic heterocycles. The third-order valence-corrected chi connectivity index (χ3v) is 4.38. The number of furan rings is 1. The highest BCUT2D eigenvalue weighted by Gasteiger charge is 2.16. The molecule has 1 aromatic carbocycles. The number of aromatic nitrogens is 3. The van der Waals surface area contributed by atoms with Crippen LogP contribution in [0.3, 0.4) is 0 Å². The van der Waals surface area contributed by atoms with Crippen LogP contribution in [-0.2, 0) is 6.42 Å². The van der Waals surface area contributed by atoms with Crippen LogP contribution in [0.2, 0.25) is 0 Å². The van der Waals surface area contributed by atoms with Gasteiger partial charge in [-0.15, -0.1) is 10.2 Å². The van der Waals surface area contributed by atoms with Crippen LogP contribution in [0, 0.1) is 6.92 Å². The molecule has 6 heteroatoms. The lowest BCUT2D eigenvalue weighted by Crippen LogP contribution is -1.86. The summed E-state index contributed by atoms with van der Waals surface area (Å²) < 4.78 is 16.9. The van der Waals surface area contributed by atoms with Crippen LogP contribution >= 0.6 is 0 Å². The lowest BCUT2D eigenvalue weighted by atomic mass is 10.0. The van der Waals surface area contributed by atoms with Gasteiger partial charge in [0.05, 0.1) is 12.2 Å². The van der Waals surface area contributed by atoms with E-state index in [1.807, 2.05) is 43.5 Å². The number of benzene rings is 1. The summed E-state index contributed by atoms with van der Waals surface area (Å²) in [6, 6.07) is 11.9. The van der Waals surface area contributed by atoms with Gasteiger partial charge < -0.3 is 13.6 Å². The van der Waals surface area contributed by atoms with Crippen LogP contribution in [0.15, 0.2) is 57.6 Å². The summed E-state index contributed by atoms with van der Waals surface area (Å²) in [5.74, 6) is 3.09. The molecule has 1 aliphatic rings. The number of nitrogens with zero attached hydrogens (tertiary/aromatic N) is 3. The van der Waals surface area contributed by atoms with Crippen molar-refractivity contribution >= 4 is 0 Å². The van der Waals surface area contributed by atoms with E-state index in [1.165, 1.54) is 5.56 Å². The maximum atomic E-state index is 5.76. The first kappa shape index (κ1) is 14.9. The van der Waals surface area contributed by atoms with Crippen molar-refractivity contribution in [2.24, 2.45) is 0 Å². The molecule has 3 aromatic heterocycles. The van der Waals surface area contributed by atoms with Gasteiger partial charge in [-0.2, -0.15) is 0 Å². The van der Waals surface area contributed by atoms with Gasteiger partial charge in [-0.05, 0) is 48.4 Å². The minimum atomic E-state index is 0.355. The monoisotopic (exact) mass is 345 g/mol. The average molecular weight is 345 g/mol. The highest BCUT2D eigenvalue weighted by molar-refractivity contribution is 5.70. The molecule has 0 bridgehead atoms. The van der Waals surface area contributed by atoms with Crippen molar-refractivity contribution in [3.8, 4) is 40.0 Å². The molecule has 0 N–H and O–H groups in total. The Labute approximate surface area is 149 Å². The van der Waals surface area contributed by atoms with Crippen LogP contribution in [0.25, 0.3) is 34.2 Å². The largest absolute Gasteiger partial charge is 0.493 e. The Morgan fingerprint density at radius 3 is 2.62 bits per heavy atom. The minimum absolute atomic E-state index is 0.355. The van der Waals surface area contributed by atoms with Crippen LogP contribution in [-0.4, -0.2) is 21.8 Å². The summed E-state index contributed by atoms with van der Waals surface area (Å²) >= 11 is 0. The Hall–Kier alpha value is -3.41. The third kappa shape index (κ3) is 2.56. The molecule has 128 valence electrons. The second-order valence-electron chi connectivity index (χ2n) is 6.21. The van der Waals surface area contributed by atoms with E-state index in [1.54, 1.807) is 6.20 Å². The van der Waals surface area contributed by atoms with E-state index >= 15 is 0 Å². The molecule has 4 aromatic rings. The zero-order valence-corrected chi connectivity index (χ0v) is 14.1. The Balaban J connectivity index is 1.49. The number of aryl methyl sites for hydroxylation is 1. The van der Waals surface area contributed by atoms with Gasteiger partial charge in [0.1, 0.15) is 11.5 Å². The van der Waals surface area contributed by atoms with Gasteiger partial charge in [0.2, 0.25) is 5.89 Å². The molecule has 0 fully saturated rings. The molecule has 0 amide bonds. The van der Waals surface area contributed by atoms with Gasteiger partial charge in [0.15, 0.2) is 5.76 Å². The predicted molar refractivity (Wildman–Crippen MR) is 94.6 cm³/mol. The highest BCUT2D eigenvalue weighted by Crippen LogP contribution is 2.32. The Morgan fingerprint density at radius 1 is 0.846 bits per heavy atom. The van der Waals surface area contributed by atoms with E-state index in [2.05, 4.69) is 21.2 Å². The van der Waals surface area contributed by atoms with E-state index in [0.717, 1.165) is 41.2 Å². The standard InChI is InChI=1S/C20H15N3O3/c1-12-2-4-18(25-12)20-23-22-19(26-20)16-9-15(10-21-11-16)13-3-5-17-14(8-13)6-7-24-17/h2-5,8-11H,6-7H2,1H3. The number of rotatable bonds is 3. The fourth-order valence-corrected chi connectivity index (χ4v) is 3.07. The summed E-state index contributed by atoms with van der Waals surface area (Å²) in [7, 11) is 0. The van der Waals surface area contributed by atoms with Crippen LogP contribution in [0.1, 0.15) is 11.3 Å². The number of fused-ring (bicyclic) bond motifs is 1. The van der Waals surface area contributed by atoms with Crippen molar-refractivity contribution in [3.63, 3.8) is 0 Å². The maximum absolute atomic E-state index is 5.76. The zero-order valence-electron chi connectivity index (χ0n) is 14.1. The smallest absolute Gasteiger partial charge is 0.283 e. The first-order valence-corrected chi connectivity index (χ1v) is 8.38. The average Bonchev–Trinajstić information content (AvgIpc) is 3.41. The predicted octanol–water partition coefficient (Wildman–Crippen LogP) is 4.30. The molecular formula is C20H15N3O3. The number of hydrogen-bond donors (Lipinski definition) is 0. The lowest BCUT2D eigenvalue weighted by molar-refractivity contribution is 0.357. The summed E-state index contributed by atoms with van der Waals surface area (Å²) in [4.78, 5) is 4.33. The first-order valence-electron chi connectivity index (χ1n) is 8.38. The van der Waals surface area contributed by atoms with Gasteiger partial charge in [-0.3, -0.25) is 4.98 Å². The van der Waals surface area contributed by atoms with Crippen LogP contribution in [0.5, 0.6) is 5.75 Å². The Morgan fingerprint density at radius 2 is 1.73 bits per heavy atom. The third-order valence-electron chi connectivity index (χ3n) is 4.38. The molecule has 4 heterocycles. The van der Waals surface area contributed by atoms with Gasteiger partial charge in [0.25, 0.3) is 5.89 Å². The molecule has 26 heavy (non-hydrogen) atoms. The quantitative estimate of drug-likeness (QED) is 0.551. The van der Waals surface area contributed by atoms with Crippen molar-refractivity contribution in [1.82, 2.24) is 15.2 Å². The minimum Gasteiger partial charge on any atom is -0.493 e. The van der Waals surface area contributed by atoms with Crippen molar-refractivity contribution in [1.29, 1.82) is 0 Å². The molecular weight excluding hydrogens is 330 g/mol. The molecule has 0 atom stereocenters. The van der Waals surface area contributed by atoms with E-state index in [4.69, 9.17) is 13.6 Å². The Kier molecular flexibility index (Phi) is 3.35. The molecule has 0 saturated heterocycles. The molecule has 0 unspecified atom stereocenters. The van der Waals surface area contributed by atoms with E-state index in [0.29, 0.717) is 17.5 Å². The van der Waals surface area contributed by atoms with Crippen LogP contribution in [0.4, 0.5) is 0 Å². The molecule has 6 nitrogen and oxygen atoms in total. The number of ether oxygens (including phenoxy) is 1. The zero-order chi connectivity index (χ0) is 17.5. The van der Waals surface area contributed by atoms with Gasteiger partial charge in [-0.25, -0.2) is 0 Å². The van der Waals surface area contributed by atoms with Crippen molar-refractivity contribution < 1.29 is 13.6 Å². The second kappa shape index (κ2) is 5.84. The van der Waals surface area contributed by atoms with Crippen molar-refractivity contribution in [2.75, 3.05) is 6.61 Å². The summed E-state index contributed by atoms with van der Waals surface area (Å²) in [6.07, 6.45) is 4.48. The maximum Gasteiger partial charge on any atom is 0.283 e. The molecule has 5 rings (SSSR count). The molecule has 0 aliphatic carbocycles. The van der Waals surface area contributed by atoms with Gasteiger partial charge in [-0.1, -0.05) is 6.07 Å². The first-order chi connectivity index (χ1) is 12.8. The Bertz CT molecular complexity index is 1100. The van der Waals surface area contributed by atoms with E-state index < -0.39 is 0 Å². The van der Waals surface area contributed by atoms with Gasteiger partial charge in [0, 0.05) is 24.4 Å². The second-order valence-corrected chi connectivity index (χ2v) is 6.21. The number of hydrogen-bond acceptors (Lipinski definition) is 6. The topological polar surface area (TPSA) is 74.2 Å². The molecule has 0 spiro atoms. The van der Waals surface area contributed by atoms with Gasteiger partial charge >= 0.3 is 0 Å². The fraction of sp³-hybridized carbons (Fsp3) is 0.150. The van der Waals surface area contributed by atoms with E-state index in [-0.39, 0.29) is 0 Å². The fourth-order valence-electron chi connectivity index (χ4n) is 3.07. The molecule has 0 saturated carbocycles. The summed E-state index contributed by atoms with van der Waals surface area (Å²) in [5.41, 5.74) is 4.07. The summed E-state index contributed by atoms with van der Waals surface area (Å²) in [5, 5.41) is 8.20. The van der Waals surface area contributed by atoms with Crippen molar-refractivity contribution in [3.05, 3.63) is 60.1 Å². The SMILES string of the molecule is Cc1ccc(-c2nnc(-c3cncc(-c4ccc5c(c4)CCO5)c3)o2)o1. The highest BCUT2D eigenvalue weighted by atomic mass is 16.5. The lowest BCUT2D eigenvalue weighted by Gasteiger charge is -2.05. The van der Waals surface area contributed by atoms with E-state index in [9.17, 15) is 0 Å². The van der Waals surface area contributed by atoms with Crippen molar-refractivity contribution in [2.45, 2.75) is 13.3 Å².